The predicted molar refractivity (Wildman–Crippen MR) is 94.4 cm³/mol. The molecular formula is C18H29BrN2. The van der Waals surface area contributed by atoms with Crippen LogP contribution in [-0.2, 0) is 0 Å². The molecule has 1 aromatic carbocycles. The Morgan fingerprint density at radius 1 is 1.29 bits per heavy atom. The Labute approximate surface area is 138 Å². The van der Waals surface area contributed by atoms with Gasteiger partial charge in [-0.25, -0.2) is 0 Å². The first-order valence-corrected chi connectivity index (χ1v) is 9.03. The summed E-state index contributed by atoms with van der Waals surface area (Å²) in [7, 11) is 0. The lowest BCUT2D eigenvalue weighted by atomic mass is 9.77. The third-order valence-electron chi connectivity index (χ3n) is 5.32. The van der Waals surface area contributed by atoms with E-state index in [1.807, 2.05) is 0 Å². The van der Waals surface area contributed by atoms with Crippen molar-refractivity contribution in [2.75, 3.05) is 13.1 Å². The van der Waals surface area contributed by atoms with Gasteiger partial charge in [-0.2, -0.15) is 0 Å². The van der Waals surface area contributed by atoms with Gasteiger partial charge in [0, 0.05) is 16.6 Å². The number of nitrogens with zero attached hydrogens (tertiary/aromatic N) is 1. The molecule has 0 saturated carbocycles. The fraction of sp³-hybridized carbons (Fsp3) is 0.667. The van der Waals surface area contributed by atoms with Crippen molar-refractivity contribution in [3.8, 4) is 0 Å². The van der Waals surface area contributed by atoms with Gasteiger partial charge in [-0.15, -0.1) is 0 Å². The molecule has 2 nitrogen and oxygen atoms in total. The van der Waals surface area contributed by atoms with Crippen LogP contribution < -0.4 is 5.73 Å². The average molecular weight is 353 g/mol. The molecule has 21 heavy (non-hydrogen) atoms. The van der Waals surface area contributed by atoms with Crippen LogP contribution in [0.15, 0.2) is 28.7 Å². The molecule has 3 heteroatoms. The Balaban J connectivity index is 2.18. The van der Waals surface area contributed by atoms with Crippen LogP contribution in [0.3, 0.4) is 0 Å². The predicted octanol–water partition coefficient (Wildman–Crippen LogP) is 4.74. The van der Waals surface area contributed by atoms with E-state index < -0.39 is 0 Å². The van der Waals surface area contributed by atoms with Crippen LogP contribution in [0.25, 0.3) is 0 Å². The van der Waals surface area contributed by atoms with Gasteiger partial charge in [0.2, 0.25) is 0 Å². The minimum Gasteiger partial charge on any atom is -0.326 e. The summed E-state index contributed by atoms with van der Waals surface area (Å²) in [5.41, 5.74) is 8.34. The van der Waals surface area contributed by atoms with Gasteiger partial charge in [0.05, 0.1) is 0 Å². The van der Waals surface area contributed by atoms with Crippen molar-refractivity contribution in [1.29, 1.82) is 0 Å². The van der Waals surface area contributed by atoms with Crippen molar-refractivity contribution in [3.05, 3.63) is 34.3 Å². The number of nitrogens with two attached hydrogens (primary N) is 1. The lowest BCUT2D eigenvalue weighted by Crippen LogP contribution is -2.46. The molecule has 0 aliphatic carbocycles. The van der Waals surface area contributed by atoms with E-state index >= 15 is 0 Å². The van der Waals surface area contributed by atoms with Gasteiger partial charge in [-0.05, 0) is 55.5 Å². The summed E-state index contributed by atoms with van der Waals surface area (Å²) in [6, 6.07) is 9.20. The van der Waals surface area contributed by atoms with E-state index in [9.17, 15) is 0 Å². The van der Waals surface area contributed by atoms with Crippen molar-refractivity contribution in [1.82, 2.24) is 4.90 Å². The van der Waals surface area contributed by atoms with Crippen molar-refractivity contribution in [2.45, 2.75) is 58.5 Å². The minimum absolute atomic E-state index is 0.199. The lowest BCUT2D eigenvalue weighted by Gasteiger charge is -2.44. The highest BCUT2D eigenvalue weighted by Gasteiger charge is 2.33. The molecule has 1 saturated heterocycles. The largest absolute Gasteiger partial charge is 0.326 e. The summed E-state index contributed by atoms with van der Waals surface area (Å²) in [4.78, 5) is 2.60. The van der Waals surface area contributed by atoms with Gasteiger partial charge in [0.15, 0.2) is 0 Å². The molecule has 1 aliphatic rings. The van der Waals surface area contributed by atoms with Crippen LogP contribution in [0.1, 0.15) is 58.1 Å². The SMILES string of the molecule is CCC(N)C(c1cccc(Br)c1)N1CCC(C)(CC)CC1. The molecule has 2 N–H and O–H groups in total. The molecule has 0 bridgehead atoms. The molecule has 2 rings (SSSR count). The zero-order chi connectivity index (χ0) is 15.5. The first-order chi connectivity index (χ1) is 9.99. The zero-order valence-corrected chi connectivity index (χ0v) is 15.2. The molecule has 118 valence electrons. The zero-order valence-electron chi connectivity index (χ0n) is 13.6. The molecular weight excluding hydrogens is 324 g/mol. The highest BCUT2D eigenvalue weighted by Crippen LogP contribution is 2.38. The van der Waals surface area contributed by atoms with Gasteiger partial charge in [0.1, 0.15) is 0 Å². The summed E-state index contributed by atoms with van der Waals surface area (Å²) in [6.45, 7) is 9.26. The second-order valence-electron chi connectivity index (χ2n) is 6.77. The van der Waals surface area contributed by atoms with Crippen molar-refractivity contribution in [2.24, 2.45) is 11.1 Å². The maximum absolute atomic E-state index is 6.47. The number of piperidine rings is 1. The van der Waals surface area contributed by atoms with Gasteiger partial charge in [0.25, 0.3) is 0 Å². The van der Waals surface area contributed by atoms with Crippen LogP contribution in [0.4, 0.5) is 0 Å². The second kappa shape index (κ2) is 7.26. The number of likely N-dealkylation sites (tertiary alicyclic amines) is 1. The van der Waals surface area contributed by atoms with Crippen LogP contribution >= 0.6 is 15.9 Å². The average Bonchev–Trinajstić information content (AvgIpc) is 2.49. The lowest BCUT2D eigenvalue weighted by molar-refractivity contribution is 0.0693. The first-order valence-electron chi connectivity index (χ1n) is 8.24. The third-order valence-corrected chi connectivity index (χ3v) is 5.81. The molecule has 0 radical (unpaired) electrons. The monoisotopic (exact) mass is 352 g/mol. The van der Waals surface area contributed by atoms with Crippen molar-refractivity contribution < 1.29 is 0 Å². The minimum atomic E-state index is 0.199. The van der Waals surface area contributed by atoms with E-state index in [0.29, 0.717) is 11.5 Å². The molecule has 2 atom stereocenters. The third kappa shape index (κ3) is 4.08. The van der Waals surface area contributed by atoms with E-state index in [4.69, 9.17) is 5.73 Å². The Bertz CT molecular complexity index is 452. The molecule has 0 amide bonds. The van der Waals surface area contributed by atoms with E-state index in [2.05, 4.69) is 65.9 Å². The van der Waals surface area contributed by atoms with E-state index in [1.165, 1.54) is 24.8 Å². The second-order valence-corrected chi connectivity index (χ2v) is 7.69. The topological polar surface area (TPSA) is 29.3 Å². The van der Waals surface area contributed by atoms with Crippen LogP contribution in [0.5, 0.6) is 0 Å². The summed E-state index contributed by atoms with van der Waals surface area (Å²) in [5.74, 6) is 0. The normalized spacial score (nSPS) is 22.0. The van der Waals surface area contributed by atoms with Gasteiger partial charge >= 0.3 is 0 Å². The molecule has 1 heterocycles. The van der Waals surface area contributed by atoms with Gasteiger partial charge < -0.3 is 5.73 Å². The van der Waals surface area contributed by atoms with Gasteiger partial charge in [-0.3, -0.25) is 4.90 Å². The van der Waals surface area contributed by atoms with Crippen LogP contribution in [-0.4, -0.2) is 24.0 Å². The molecule has 1 aromatic rings. The highest BCUT2D eigenvalue weighted by atomic mass is 79.9. The maximum Gasteiger partial charge on any atom is 0.0499 e. The summed E-state index contributed by atoms with van der Waals surface area (Å²) in [6.07, 6.45) is 4.86. The number of halogens is 1. The standard InChI is InChI=1S/C18H29BrN2/c1-4-16(20)17(14-7-6-8-15(19)13-14)21-11-9-18(3,5-2)10-12-21/h6-8,13,16-17H,4-5,9-12,20H2,1-3H3. The van der Waals surface area contributed by atoms with Crippen molar-refractivity contribution in [3.63, 3.8) is 0 Å². The number of hydrogen-bond donors (Lipinski definition) is 1. The summed E-state index contributed by atoms with van der Waals surface area (Å²) >= 11 is 3.60. The molecule has 2 unspecified atom stereocenters. The van der Waals surface area contributed by atoms with E-state index in [1.54, 1.807) is 0 Å². The molecule has 0 spiro atoms. The van der Waals surface area contributed by atoms with Gasteiger partial charge in [-0.1, -0.05) is 55.3 Å². The van der Waals surface area contributed by atoms with Crippen LogP contribution in [0.2, 0.25) is 0 Å². The molecule has 0 aromatic heterocycles. The highest BCUT2D eigenvalue weighted by molar-refractivity contribution is 9.10. The Morgan fingerprint density at radius 2 is 1.95 bits per heavy atom. The molecule has 1 aliphatic heterocycles. The summed E-state index contributed by atoms with van der Waals surface area (Å²) in [5, 5.41) is 0. The molecule has 1 fully saturated rings. The maximum atomic E-state index is 6.47. The number of benzene rings is 1. The quantitative estimate of drug-likeness (QED) is 0.828. The van der Waals surface area contributed by atoms with Crippen molar-refractivity contribution >= 4 is 15.9 Å². The smallest absolute Gasteiger partial charge is 0.0499 e. The fourth-order valence-electron chi connectivity index (χ4n) is 3.34. The first kappa shape index (κ1) is 17.0. The summed E-state index contributed by atoms with van der Waals surface area (Å²) < 4.78 is 1.14. The Morgan fingerprint density at radius 3 is 2.48 bits per heavy atom. The Kier molecular flexibility index (Phi) is 5.87. The van der Waals surface area contributed by atoms with E-state index in [0.717, 1.165) is 24.0 Å². The van der Waals surface area contributed by atoms with E-state index in [-0.39, 0.29) is 6.04 Å². The Hall–Kier alpha value is -0.380. The number of hydrogen-bond acceptors (Lipinski definition) is 2. The van der Waals surface area contributed by atoms with Crippen LogP contribution in [0, 0.1) is 5.41 Å². The number of rotatable bonds is 5. The fourth-order valence-corrected chi connectivity index (χ4v) is 3.76.